The summed E-state index contributed by atoms with van der Waals surface area (Å²) in [5.74, 6) is 0.784. The van der Waals surface area contributed by atoms with Crippen LogP contribution in [0.5, 0.6) is 11.5 Å². The molecule has 2 aliphatic rings. The largest absolute Gasteiger partial charge is 0.457 e. The number of primary amides is 1. The molecule has 0 bridgehead atoms. The van der Waals surface area contributed by atoms with Crippen LogP contribution in [-0.2, 0) is 4.79 Å². The molecule has 0 radical (unpaired) electrons. The van der Waals surface area contributed by atoms with Crippen LogP contribution in [-0.4, -0.2) is 41.8 Å². The first-order valence-electron chi connectivity index (χ1n) is 10.3. The van der Waals surface area contributed by atoms with Crippen molar-refractivity contribution in [3.63, 3.8) is 0 Å². The Labute approximate surface area is 175 Å². The molecular formula is C23H25N3O4. The van der Waals surface area contributed by atoms with Gasteiger partial charge in [0.1, 0.15) is 11.5 Å². The van der Waals surface area contributed by atoms with Crippen LogP contribution in [0.25, 0.3) is 0 Å². The molecule has 1 saturated heterocycles. The topological polar surface area (TPSA) is 102 Å². The zero-order valence-electron chi connectivity index (χ0n) is 16.7. The molecule has 3 N–H and O–H groups in total. The molecule has 1 heterocycles. The van der Waals surface area contributed by atoms with Crippen molar-refractivity contribution in [1.29, 1.82) is 0 Å². The Hall–Kier alpha value is -3.35. The van der Waals surface area contributed by atoms with Gasteiger partial charge in [0, 0.05) is 36.2 Å². The number of ether oxygens (including phenoxy) is 1. The lowest BCUT2D eigenvalue weighted by atomic mass is 9.95. The number of rotatable bonds is 6. The first-order valence-corrected chi connectivity index (χ1v) is 10.3. The summed E-state index contributed by atoms with van der Waals surface area (Å²) in [7, 11) is 0. The predicted molar refractivity (Wildman–Crippen MR) is 111 cm³/mol. The first kappa shape index (κ1) is 19.9. The number of nitrogens with one attached hydrogen (secondary N) is 1. The van der Waals surface area contributed by atoms with E-state index >= 15 is 0 Å². The second-order valence-corrected chi connectivity index (χ2v) is 7.86. The highest BCUT2D eigenvalue weighted by atomic mass is 16.5. The van der Waals surface area contributed by atoms with Crippen LogP contribution in [0.1, 0.15) is 46.4 Å². The van der Waals surface area contributed by atoms with Crippen LogP contribution in [0.4, 0.5) is 0 Å². The van der Waals surface area contributed by atoms with E-state index in [0.29, 0.717) is 54.6 Å². The van der Waals surface area contributed by atoms with E-state index in [1.54, 1.807) is 53.4 Å². The van der Waals surface area contributed by atoms with Crippen molar-refractivity contribution in [2.75, 3.05) is 13.1 Å². The molecule has 0 unspecified atom stereocenters. The predicted octanol–water partition coefficient (Wildman–Crippen LogP) is 2.71. The quantitative estimate of drug-likeness (QED) is 0.769. The smallest absolute Gasteiger partial charge is 0.253 e. The lowest BCUT2D eigenvalue weighted by Gasteiger charge is -2.31. The van der Waals surface area contributed by atoms with Gasteiger partial charge in [-0.15, -0.1) is 0 Å². The van der Waals surface area contributed by atoms with E-state index in [2.05, 4.69) is 5.32 Å². The number of carbonyl (C=O) groups is 3. The summed E-state index contributed by atoms with van der Waals surface area (Å²) >= 11 is 0. The van der Waals surface area contributed by atoms with Crippen LogP contribution in [0.2, 0.25) is 0 Å². The fourth-order valence-electron chi connectivity index (χ4n) is 3.56. The average Bonchev–Trinajstić information content (AvgIpc) is 3.58. The third kappa shape index (κ3) is 4.79. The Balaban J connectivity index is 1.30. The highest BCUT2D eigenvalue weighted by Gasteiger charge is 2.31. The maximum Gasteiger partial charge on any atom is 0.253 e. The Kier molecular flexibility index (Phi) is 5.70. The van der Waals surface area contributed by atoms with Crippen LogP contribution in [0, 0.1) is 5.92 Å². The molecule has 1 saturated carbocycles. The molecule has 7 heteroatoms. The number of hydrogen-bond donors (Lipinski definition) is 2. The second kappa shape index (κ2) is 8.57. The van der Waals surface area contributed by atoms with E-state index in [4.69, 9.17) is 10.5 Å². The molecule has 0 aromatic heterocycles. The third-order valence-electron chi connectivity index (χ3n) is 5.55. The van der Waals surface area contributed by atoms with E-state index in [1.807, 2.05) is 0 Å². The van der Waals surface area contributed by atoms with Crippen LogP contribution >= 0.6 is 0 Å². The van der Waals surface area contributed by atoms with Crippen molar-refractivity contribution in [2.45, 2.75) is 31.7 Å². The molecule has 4 rings (SSSR count). The van der Waals surface area contributed by atoms with Gasteiger partial charge in [0.25, 0.3) is 5.91 Å². The normalized spacial score (nSPS) is 16.7. The lowest BCUT2D eigenvalue weighted by Crippen LogP contribution is -2.43. The molecule has 0 atom stereocenters. The van der Waals surface area contributed by atoms with Gasteiger partial charge in [0.15, 0.2) is 0 Å². The Morgan fingerprint density at radius 1 is 0.833 bits per heavy atom. The van der Waals surface area contributed by atoms with Gasteiger partial charge in [-0.25, -0.2) is 0 Å². The van der Waals surface area contributed by atoms with Crippen molar-refractivity contribution < 1.29 is 19.1 Å². The Morgan fingerprint density at radius 2 is 1.37 bits per heavy atom. The summed E-state index contributed by atoms with van der Waals surface area (Å²) in [6.07, 6.45) is 3.57. The molecule has 30 heavy (non-hydrogen) atoms. The maximum absolute atomic E-state index is 12.8. The summed E-state index contributed by atoms with van der Waals surface area (Å²) < 4.78 is 5.75. The van der Waals surface area contributed by atoms with Gasteiger partial charge in [-0.1, -0.05) is 0 Å². The fraction of sp³-hybridized carbons (Fsp3) is 0.348. The van der Waals surface area contributed by atoms with Crippen LogP contribution < -0.4 is 15.8 Å². The highest BCUT2D eigenvalue weighted by Crippen LogP contribution is 2.25. The minimum absolute atomic E-state index is 0.00591. The number of piperidine rings is 1. The summed E-state index contributed by atoms with van der Waals surface area (Å²) in [6, 6.07) is 13.9. The molecule has 3 amide bonds. The number of amides is 3. The summed E-state index contributed by atoms with van der Waals surface area (Å²) in [4.78, 5) is 37.9. The van der Waals surface area contributed by atoms with Gasteiger partial charge < -0.3 is 20.7 Å². The minimum atomic E-state index is -0.489. The lowest BCUT2D eigenvalue weighted by molar-refractivity contribution is -0.126. The number of benzene rings is 2. The monoisotopic (exact) mass is 407 g/mol. The molecule has 2 aromatic carbocycles. The SMILES string of the molecule is NC(=O)c1ccc(Oc2ccc(C(=O)N3CCC(C(=O)NC4CC4)CC3)cc2)cc1. The van der Waals surface area contributed by atoms with E-state index in [9.17, 15) is 14.4 Å². The number of nitrogens with two attached hydrogens (primary N) is 1. The highest BCUT2D eigenvalue weighted by molar-refractivity contribution is 5.94. The number of carbonyl (C=O) groups excluding carboxylic acids is 3. The minimum Gasteiger partial charge on any atom is -0.457 e. The Morgan fingerprint density at radius 3 is 1.87 bits per heavy atom. The van der Waals surface area contributed by atoms with Gasteiger partial charge in [-0.3, -0.25) is 14.4 Å². The van der Waals surface area contributed by atoms with Crippen molar-refractivity contribution >= 4 is 17.7 Å². The van der Waals surface area contributed by atoms with Gasteiger partial charge in [0.05, 0.1) is 0 Å². The van der Waals surface area contributed by atoms with Crippen molar-refractivity contribution in [2.24, 2.45) is 11.7 Å². The standard InChI is InChI=1S/C23H25N3O4/c24-21(27)15-1-7-19(8-2-15)30-20-9-3-17(4-10-20)23(29)26-13-11-16(12-14-26)22(28)25-18-5-6-18/h1-4,7-10,16,18H,5-6,11-14H2,(H2,24,27)(H,25,28). The van der Waals surface area contributed by atoms with Crippen molar-refractivity contribution in [1.82, 2.24) is 10.2 Å². The van der Waals surface area contributed by atoms with E-state index < -0.39 is 5.91 Å². The molecule has 2 aromatic rings. The summed E-state index contributed by atoms with van der Waals surface area (Å²) in [6.45, 7) is 1.18. The first-order chi connectivity index (χ1) is 14.5. The number of likely N-dealkylation sites (tertiary alicyclic amines) is 1. The third-order valence-corrected chi connectivity index (χ3v) is 5.55. The van der Waals surface area contributed by atoms with Crippen molar-refractivity contribution in [3.8, 4) is 11.5 Å². The fourth-order valence-corrected chi connectivity index (χ4v) is 3.56. The number of hydrogen-bond acceptors (Lipinski definition) is 4. The number of nitrogens with zero attached hydrogens (tertiary/aromatic N) is 1. The molecule has 1 aliphatic carbocycles. The van der Waals surface area contributed by atoms with E-state index in [0.717, 1.165) is 12.8 Å². The molecule has 7 nitrogen and oxygen atoms in total. The average molecular weight is 407 g/mol. The second-order valence-electron chi connectivity index (χ2n) is 7.86. The zero-order chi connectivity index (χ0) is 21.1. The van der Waals surface area contributed by atoms with Gasteiger partial charge in [-0.2, -0.15) is 0 Å². The molecule has 2 fully saturated rings. The molecule has 0 spiro atoms. The maximum atomic E-state index is 12.8. The van der Waals surface area contributed by atoms with Crippen LogP contribution in [0.3, 0.4) is 0 Å². The molecule has 1 aliphatic heterocycles. The van der Waals surface area contributed by atoms with Gasteiger partial charge >= 0.3 is 0 Å². The van der Waals surface area contributed by atoms with Crippen molar-refractivity contribution in [3.05, 3.63) is 59.7 Å². The van der Waals surface area contributed by atoms with Gasteiger partial charge in [-0.05, 0) is 74.2 Å². The molecular weight excluding hydrogens is 382 g/mol. The summed E-state index contributed by atoms with van der Waals surface area (Å²) in [5, 5.41) is 3.05. The van der Waals surface area contributed by atoms with E-state index in [-0.39, 0.29) is 17.7 Å². The van der Waals surface area contributed by atoms with Gasteiger partial charge in [0.2, 0.25) is 11.8 Å². The zero-order valence-corrected chi connectivity index (χ0v) is 16.7. The summed E-state index contributed by atoms with van der Waals surface area (Å²) in [5.41, 5.74) is 6.24. The Bertz CT molecular complexity index is 928. The van der Waals surface area contributed by atoms with E-state index in [1.165, 1.54) is 0 Å². The van der Waals surface area contributed by atoms with Crippen LogP contribution in [0.15, 0.2) is 48.5 Å². The molecule has 156 valence electrons.